The molecule has 1 aliphatic carbocycles. The summed E-state index contributed by atoms with van der Waals surface area (Å²) in [4.78, 5) is 4.55. The summed E-state index contributed by atoms with van der Waals surface area (Å²) in [6.07, 6.45) is 0.542. The Bertz CT molecular complexity index is 2630. The third kappa shape index (κ3) is 16.0. The zero-order chi connectivity index (χ0) is 55.2. The first-order valence-electron chi connectivity index (χ1n) is 25.6. The minimum Gasteiger partial charge on any atom is -0.491 e. The van der Waals surface area contributed by atoms with Crippen LogP contribution in [0.4, 0.5) is 26.3 Å². The van der Waals surface area contributed by atoms with Crippen molar-refractivity contribution in [3.8, 4) is 31.7 Å². The van der Waals surface area contributed by atoms with E-state index in [0.717, 1.165) is 26.7 Å². The lowest BCUT2D eigenvalue weighted by Crippen LogP contribution is -2.49. The van der Waals surface area contributed by atoms with E-state index in [2.05, 4.69) is 0 Å². The van der Waals surface area contributed by atoms with Crippen LogP contribution in [0.1, 0.15) is 99.7 Å². The first-order chi connectivity index (χ1) is 36.1. The van der Waals surface area contributed by atoms with Crippen LogP contribution in [0.3, 0.4) is 0 Å². The van der Waals surface area contributed by atoms with Crippen LogP contribution >= 0.6 is 45.8 Å². The van der Waals surface area contributed by atoms with Gasteiger partial charge < -0.3 is 37.9 Å². The topological polar surface area (TPSA) is 73.8 Å². The molecule has 76 heavy (non-hydrogen) atoms. The molecule has 0 saturated heterocycles. The van der Waals surface area contributed by atoms with Crippen LogP contribution < -0.4 is 9.47 Å². The maximum absolute atomic E-state index is 16.7. The number of thiophene rings is 3. The average Bonchev–Trinajstić information content (AvgIpc) is 4.33. The highest BCUT2D eigenvalue weighted by Gasteiger charge is 2.80. The Balaban J connectivity index is 1.30. The molecule has 418 valence electrons. The van der Waals surface area contributed by atoms with E-state index in [1.807, 2.05) is 111 Å². The van der Waals surface area contributed by atoms with Crippen molar-refractivity contribution < 1.29 is 64.2 Å². The van der Waals surface area contributed by atoms with Gasteiger partial charge in [-0.15, -0.1) is 45.8 Å². The zero-order valence-corrected chi connectivity index (χ0v) is 48.2. The SMILES string of the molecule is CCOCCOCCOCCOc1ccc(-c2sc(-c3ccc(C(C)(C)C)s3)cc2C2=C(C/C=C(\SC(C)c3ccc(OCCOCCOCCOCC)cc3)c3ccc(C(C)(C)C)s3)C(F)(F)C(F)(F)C2(F)F)cc1. The molecule has 0 fully saturated rings. The van der Waals surface area contributed by atoms with Gasteiger partial charge in [0.15, 0.2) is 0 Å². The molecule has 8 nitrogen and oxygen atoms in total. The van der Waals surface area contributed by atoms with E-state index in [1.165, 1.54) is 46.6 Å². The van der Waals surface area contributed by atoms with Crippen molar-refractivity contribution >= 4 is 56.3 Å². The maximum Gasteiger partial charge on any atom is 0.380 e. The molecule has 2 aromatic carbocycles. The summed E-state index contributed by atoms with van der Waals surface area (Å²) in [7, 11) is 0. The monoisotopic (exact) mass is 1140 g/mol. The Morgan fingerprint density at radius 3 is 1.51 bits per heavy atom. The first-order valence-corrected chi connectivity index (χ1v) is 28.9. The van der Waals surface area contributed by atoms with E-state index in [-0.39, 0.29) is 39.7 Å². The Labute approximate surface area is 461 Å². The lowest BCUT2D eigenvalue weighted by molar-refractivity contribution is -0.260. The van der Waals surface area contributed by atoms with Crippen LogP contribution in [-0.4, -0.2) is 110 Å². The van der Waals surface area contributed by atoms with E-state index in [0.29, 0.717) is 116 Å². The molecule has 3 heterocycles. The minimum atomic E-state index is -5.73. The number of benzene rings is 2. The van der Waals surface area contributed by atoms with Crippen molar-refractivity contribution in [1.82, 2.24) is 0 Å². The minimum absolute atomic E-state index is 0.152. The second kappa shape index (κ2) is 27.9. The van der Waals surface area contributed by atoms with Gasteiger partial charge in [-0.25, -0.2) is 0 Å². The Hall–Kier alpha value is -3.69. The third-order valence-corrected chi connectivity index (χ3v) is 17.9. The van der Waals surface area contributed by atoms with E-state index in [9.17, 15) is 0 Å². The van der Waals surface area contributed by atoms with Gasteiger partial charge in [-0.1, -0.05) is 59.8 Å². The number of allylic oxidation sites excluding steroid dienone is 3. The molecule has 1 aliphatic rings. The molecule has 0 N–H and O–H groups in total. The van der Waals surface area contributed by atoms with E-state index >= 15 is 26.3 Å². The summed E-state index contributed by atoms with van der Waals surface area (Å²) in [5.74, 6) is -15.1. The predicted molar refractivity (Wildman–Crippen MR) is 299 cm³/mol. The second-order valence-corrected chi connectivity index (χ2v) is 24.5. The number of thioether (sulfide) groups is 1. The van der Waals surface area contributed by atoms with Crippen molar-refractivity contribution in [1.29, 1.82) is 0 Å². The summed E-state index contributed by atoms with van der Waals surface area (Å²) in [5, 5.41) is -0.281. The van der Waals surface area contributed by atoms with Crippen LogP contribution in [0.15, 0.2) is 90.5 Å². The molecule has 6 rings (SSSR count). The lowest BCUT2D eigenvalue weighted by Gasteiger charge is -2.26. The highest BCUT2D eigenvalue weighted by atomic mass is 32.2. The Kier molecular flexibility index (Phi) is 22.6. The zero-order valence-electron chi connectivity index (χ0n) is 44.9. The smallest absolute Gasteiger partial charge is 0.380 e. The summed E-state index contributed by atoms with van der Waals surface area (Å²) in [6.45, 7) is 24.1. The lowest BCUT2D eigenvalue weighted by atomic mass is 9.94. The fourth-order valence-electron chi connectivity index (χ4n) is 7.91. The summed E-state index contributed by atoms with van der Waals surface area (Å²) >= 11 is 5.32. The highest BCUT2D eigenvalue weighted by Crippen LogP contribution is 2.65. The van der Waals surface area contributed by atoms with Gasteiger partial charge in [-0.2, -0.15) is 26.3 Å². The largest absolute Gasteiger partial charge is 0.491 e. The van der Waals surface area contributed by atoms with Crippen LogP contribution in [-0.2, 0) is 39.3 Å². The molecule has 1 atom stereocenters. The second-order valence-electron chi connectivity index (χ2n) is 19.9. The van der Waals surface area contributed by atoms with E-state index < -0.39 is 35.3 Å². The molecule has 0 aliphatic heterocycles. The molecular weight excluding hydrogens is 1070 g/mol. The van der Waals surface area contributed by atoms with Crippen molar-refractivity contribution in [3.63, 3.8) is 0 Å². The van der Waals surface area contributed by atoms with Crippen molar-refractivity contribution in [3.05, 3.63) is 116 Å². The molecule has 18 heteroatoms. The van der Waals surface area contributed by atoms with Gasteiger partial charge in [0.1, 0.15) is 24.7 Å². The van der Waals surface area contributed by atoms with Gasteiger partial charge in [0, 0.05) is 69.3 Å². The Morgan fingerprint density at radius 2 is 1.03 bits per heavy atom. The number of halogens is 6. The highest BCUT2D eigenvalue weighted by molar-refractivity contribution is 8.08. The summed E-state index contributed by atoms with van der Waals surface area (Å²) in [6, 6.07) is 22.9. The number of ether oxygens (including phenoxy) is 8. The first kappa shape index (κ1) is 61.5. The van der Waals surface area contributed by atoms with Crippen LogP contribution in [0.25, 0.3) is 30.7 Å². The van der Waals surface area contributed by atoms with Gasteiger partial charge in [0.05, 0.1) is 66.1 Å². The standard InChI is InChI=1S/C58H72F6O8S4/c1-10-65-26-28-67-30-32-69-34-36-71-42-16-12-40(13-17-42)39(3)73-46(47-22-24-50(74-47)54(4,5)6)21-20-45-52(57(61,62)58(63,64)56(45,59)60)44-38-49(48-23-25-51(75-48)55(7,8)9)76-53(44)41-14-18-43(19-15-41)72-37-35-70-33-31-68-29-27-66-11-2/h12-19,21-25,38-39H,10-11,20,26-37H2,1-9H3/b46-21-. The molecular formula is C58H72F6O8S4. The van der Waals surface area contributed by atoms with Gasteiger partial charge in [0.25, 0.3) is 0 Å². The fourth-order valence-corrected chi connectivity index (χ4v) is 12.5. The Morgan fingerprint density at radius 1 is 0.553 bits per heavy atom. The van der Waals surface area contributed by atoms with E-state index in [4.69, 9.17) is 37.9 Å². The summed E-state index contributed by atoms with van der Waals surface area (Å²) in [5.41, 5.74) is -2.32. The molecule has 0 bridgehead atoms. The van der Waals surface area contributed by atoms with Crippen molar-refractivity contribution in [2.24, 2.45) is 0 Å². The quantitative estimate of drug-likeness (QED) is 0.0319. The maximum atomic E-state index is 16.7. The van der Waals surface area contributed by atoms with Gasteiger partial charge in [0.2, 0.25) is 0 Å². The van der Waals surface area contributed by atoms with Gasteiger partial charge in [-0.3, -0.25) is 0 Å². The van der Waals surface area contributed by atoms with E-state index in [1.54, 1.807) is 24.3 Å². The molecule has 3 aromatic heterocycles. The predicted octanol–water partition coefficient (Wildman–Crippen LogP) is 16.3. The molecule has 0 saturated carbocycles. The van der Waals surface area contributed by atoms with Crippen LogP contribution in [0.5, 0.6) is 11.5 Å². The number of rotatable bonds is 31. The average molecular weight is 1140 g/mol. The van der Waals surface area contributed by atoms with Crippen LogP contribution in [0.2, 0.25) is 0 Å². The molecule has 5 aromatic rings. The number of hydrogen-bond acceptors (Lipinski definition) is 12. The number of alkyl halides is 6. The van der Waals surface area contributed by atoms with Crippen molar-refractivity contribution in [2.45, 2.75) is 103 Å². The molecule has 0 amide bonds. The molecule has 0 spiro atoms. The fraction of sp³-hybridized carbons (Fsp3) is 0.517. The molecule has 1 unspecified atom stereocenters. The van der Waals surface area contributed by atoms with Gasteiger partial charge in [-0.05, 0) is 116 Å². The van der Waals surface area contributed by atoms with Crippen molar-refractivity contribution in [2.75, 3.05) is 92.5 Å². The molecule has 0 radical (unpaired) electrons. The normalized spacial score (nSPS) is 16.0. The third-order valence-electron chi connectivity index (χ3n) is 12.1. The van der Waals surface area contributed by atoms with Crippen LogP contribution in [0, 0.1) is 0 Å². The number of hydrogen-bond donors (Lipinski definition) is 0. The van der Waals surface area contributed by atoms with Gasteiger partial charge >= 0.3 is 17.8 Å². The summed E-state index contributed by atoms with van der Waals surface area (Å²) < 4.78 is 143.